The number of carboxylic acids is 1. The first kappa shape index (κ1) is 17.2. The van der Waals surface area contributed by atoms with Crippen molar-refractivity contribution in [2.24, 2.45) is 11.8 Å². The van der Waals surface area contributed by atoms with E-state index in [4.69, 9.17) is 0 Å². The van der Waals surface area contributed by atoms with Gasteiger partial charge in [0.05, 0.1) is 11.8 Å². The normalized spacial score (nSPS) is 22.3. The molecule has 0 aromatic heterocycles. The Morgan fingerprint density at radius 1 is 1.08 bits per heavy atom. The third-order valence-corrected chi connectivity index (χ3v) is 4.76. The Hall–Kier alpha value is -2.63. The van der Waals surface area contributed by atoms with Gasteiger partial charge in [-0.05, 0) is 50.3 Å². The number of aliphatic carboxylic acids is 1. The lowest BCUT2D eigenvalue weighted by Crippen LogP contribution is -2.35. The summed E-state index contributed by atoms with van der Waals surface area (Å²) in [4.78, 5) is 36.1. The van der Waals surface area contributed by atoms with Crippen LogP contribution in [0, 0.1) is 18.8 Å². The third kappa shape index (κ3) is 4.07. The van der Waals surface area contributed by atoms with Crippen LogP contribution < -0.4 is 10.6 Å². The van der Waals surface area contributed by atoms with Crippen molar-refractivity contribution in [2.45, 2.75) is 38.6 Å². The van der Waals surface area contributed by atoms with Gasteiger partial charge in [0.25, 0.3) is 5.91 Å². The Balaban J connectivity index is 1.74. The molecule has 0 saturated heterocycles. The van der Waals surface area contributed by atoms with Crippen LogP contribution in [0.1, 0.15) is 41.6 Å². The van der Waals surface area contributed by atoms with Gasteiger partial charge in [0.2, 0.25) is 5.91 Å². The van der Waals surface area contributed by atoms with Crippen LogP contribution in [0.3, 0.4) is 0 Å². The third-order valence-electron chi connectivity index (χ3n) is 4.76. The minimum absolute atomic E-state index is 0.151. The van der Waals surface area contributed by atoms with E-state index >= 15 is 0 Å². The summed E-state index contributed by atoms with van der Waals surface area (Å²) in [7, 11) is 0. The van der Waals surface area contributed by atoms with Crippen LogP contribution in [-0.4, -0.2) is 28.9 Å². The average Bonchev–Trinajstić information content (AvgIpc) is 3.40. The molecule has 0 heterocycles. The zero-order chi connectivity index (χ0) is 18.0. The first-order valence-corrected chi connectivity index (χ1v) is 8.56. The van der Waals surface area contributed by atoms with E-state index < -0.39 is 17.8 Å². The lowest BCUT2D eigenvalue weighted by atomic mass is 9.82. The molecule has 2 aliphatic rings. The zero-order valence-electron chi connectivity index (χ0n) is 14.1. The fraction of sp³-hybridized carbons (Fsp3) is 0.421. The van der Waals surface area contributed by atoms with Gasteiger partial charge in [-0.25, -0.2) is 0 Å². The number of benzene rings is 1. The van der Waals surface area contributed by atoms with Gasteiger partial charge in [-0.3, -0.25) is 14.4 Å². The summed E-state index contributed by atoms with van der Waals surface area (Å²) in [5.41, 5.74) is 1.87. The number of amides is 2. The monoisotopic (exact) mass is 342 g/mol. The minimum Gasteiger partial charge on any atom is -0.481 e. The molecule has 1 fully saturated rings. The zero-order valence-corrected chi connectivity index (χ0v) is 14.1. The van der Waals surface area contributed by atoms with Crippen molar-refractivity contribution in [3.8, 4) is 0 Å². The molecule has 0 aliphatic heterocycles. The number of carboxylic acid groups (broad SMARTS) is 1. The van der Waals surface area contributed by atoms with Gasteiger partial charge in [-0.1, -0.05) is 18.2 Å². The van der Waals surface area contributed by atoms with Crippen molar-refractivity contribution < 1.29 is 19.5 Å². The number of aryl methyl sites for hydroxylation is 1. The van der Waals surface area contributed by atoms with Crippen LogP contribution in [0.25, 0.3) is 0 Å². The van der Waals surface area contributed by atoms with Gasteiger partial charge >= 0.3 is 5.97 Å². The van der Waals surface area contributed by atoms with E-state index in [1.807, 2.05) is 13.0 Å². The Morgan fingerprint density at radius 2 is 1.76 bits per heavy atom. The summed E-state index contributed by atoms with van der Waals surface area (Å²) in [6.07, 6.45) is 6.42. The number of carbonyl (C=O) groups excluding carboxylic acids is 2. The van der Waals surface area contributed by atoms with Crippen molar-refractivity contribution in [3.63, 3.8) is 0 Å². The highest BCUT2D eigenvalue weighted by molar-refractivity contribution is 5.99. The van der Waals surface area contributed by atoms with Crippen molar-refractivity contribution in [3.05, 3.63) is 41.5 Å². The highest BCUT2D eigenvalue weighted by Crippen LogP contribution is 2.28. The molecule has 0 bridgehead atoms. The second-order valence-corrected chi connectivity index (χ2v) is 6.76. The molecule has 3 rings (SSSR count). The number of rotatable bonds is 5. The number of allylic oxidation sites excluding steroid dienone is 2. The van der Waals surface area contributed by atoms with Crippen molar-refractivity contribution in [2.75, 3.05) is 5.32 Å². The Morgan fingerprint density at radius 3 is 2.40 bits per heavy atom. The quantitative estimate of drug-likeness (QED) is 0.716. The first-order valence-electron chi connectivity index (χ1n) is 8.56. The fourth-order valence-electron chi connectivity index (χ4n) is 3.00. The van der Waals surface area contributed by atoms with E-state index in [-0.39, 0.29) is 17.9 Å². The molecular formula is C19H22N2O4. The molecule has 3 N–H and O–H groups in total. The smallest absolute Gasteiger partial charge is 0.307 e. The van der Waals surface area contributed by atoms with E-state index in [9.17, 15) is 19.5 Å². The summed E-state index contributed by atoms with van der Waals surface area (Å²) in [6, 6.07) is 5.43. The molecule has 2 amide bonds. The number of hydrogen-bond acceptors (Lipinski definition) is 3. The molecule has 0 radical (unpaired) electrons. The van der Waals surface area contributed by atoms with E-state index in [0.29, 0.717) is 24.1 Å². The number of nitrogens with one attached hydrogen (secondary N) is 2. The van der Waals surface area contributed by atoms with Crippen LogP contribution in [0.4, 0.5) is 5.69 Å². The topological polar surface area (TPSA) is 95.5 Å². The minimum atomic E-state index is -0.959. The average molecular weight is 342 g/mol. The summed E-state index contributed by atoms with van der Waals surface area (Å²) in [6.45, 7) is 1.84. The van der Waals surface area contributed by atoms with Gasteiger partial charge in [-0.2, -0.15) is 0 Å². The van der Waals surface area contributed by atoms with Gasteiger partial charge in [0.1, 0.15) is 0 Å². The highest BCUT2D eigenvalue weighted by atomic mass is 16.4. The lowest BCUT2D eigenvalue weighted by Gasteiger charge is -2.24. The maximum absolute atomic E-state index is 12.6. The molecule has 2 atom stereocenters. The Labute approximate surface area is 146 Å². The molecule has 6 heteroatoms. The van der Waals surface area contributed by atoms with Gasteiger partial charge in [0, 0.05) is 17.3 Å². The molecule has 132 valence electrons. The molecular weight excluding hydrogens is 320 g/mol. The number of carbonyl (C=O) groups is 3. The lowest BCUT2D eigenvalue weighted by molar-refractivity contribution is -0.146. The largest absolute Gasteiger partial charge is 0.481 e. The van der Waals surface area contributed by atoms with Crippen LogP contribution in [0.15, 0.2) is 30.4 Å². The van der Waals surface area contributed by atoms with Crippen LogP contribution in [0.2, 0.25) is 0 Å². The second kappa shape index (κ2) is 7.09. The molecule has 1 aromatic rings. The summed E-state index contributed by atoms with van der Waals surface area (Å²) in [5, 5.41) is 15.0. The summed E-state index contributed by atoms with van der Waals surface area (Å²) in [5.74, 6) is -2.75. The summed E-state index contributed by atoms with van der Waals surface area (Å²) >= 11 is 0. The van der Waals surface area contributed by atoms with E-state index in [1.54, 1.807) is 24.3 Å². The fourth-order valence-corrected chi connectivity index (χ4v) is 3.00. The molecule has 6 nitrogen and oxygen atoms in total. The number of anilines is 1. The molecule has 25 heavy (non-hydrogen) atoms. The predicted octanol–water partition coefficient (Wildman–Crippen LogP) is 2.49. The van der Waals surface area contributed by atoms with Gasteiger partial charge in [-0.15, -0.1) is 0 Å². The SMILES string of the molecule is Cc1ccc(C(=O)NC2CC2)cc1NC(=O)[C@H]1CC=CC[C@H]1C(=O)O. The van der Waals surface area contributed by atoms with E-state index in [1.165, 1.54) is 0 Å². The van der Waals surface area contributed by atoms with Crippen molar-refractivity contribution in [1.82, 2.24) is 5.32 Å². The van der Waals surface area contributed by atoms with Gasteiger partial charge < -0.3 is 15.7 Å². The maximum atomic E-state index is 12.6. The predicted molar refractivity (Wildman–Crippen MR) is 93.3 cm³/mol. The van der Waals surface area contributed by atoms with Crippen LogP contribution >= 0.6 is 0 Å². The number of hydrogen-bond donors (Lipinski definition) is 3. The summed E-state index contributed by atoms with van der Waals surface area (Å²) < 4.78 is 0. The first-order chi connectivity index (χ1) is 12.0. The Bertz CT molecular complexity index is 737. The van der Waals surface area contributed by atoms with Crippen LogP contribution in [-0.2, 0) is 9.59 Å². The van der Waals surface area contributed by atoms with E-state index in [2.05, 4.69) is 10.6 Å². The molecule has 1 aromatic carbocycles. The molecule has 1 saturated carbocycles. The molecule has 2 aliphatic carbocycles. The second-order valence-electron chi connectivity index (χ2n) is 6.76. The van der Waals surface area contributed by atoms with Gasteiger partial charge in [0.15, 0.2) is 0 Å². The Kier molecular flexibility index (Phi) is 4.88. The molecule has 0 unspecified atom stereocenters. The van der Waals surface area contributed by atoms with Crippen molar-refractivity contribution in [1.29, 1.82) is 0 Å². The molecule has 0 spiro atoms. The van der Waals surface area contributed by atoms with Crippen molar-refractivity contribution >= 4 is 23.5 Å². The van der Waals surface area contributed by atoms with E-state index in [0.717, 1.165) is 18.4 Å². The van der Waals surface area contributed by atoms with Crippen LogP contribution in [0.5, 0.6) is 0 Å². The standard InChI is InChI=1S/C19H22N2O4/c1-11-6-7-12(17(22)20-13-8-9-13)10-16(11)21-18(23)14-4-2-3-5-15(14)19(24)25/h2-3,6-7,10,13-15H,4-5,8-9H2,1H3,(H,20,22)(H,21,23)(H,24,25)/t14-,15+/m0/s1. The highest BCUT2D eigenvalue weighted by Gasteiger charge is 2.34. The maximum Gasteiger partial charge on any atom is 0.307 e.